The third kappa shape index (κ3) is 6.06. The monoisotopic (exact) mass is 643 g/mol. The molecule has 0 bridgehead atoms. The molecule has 0 amide bonds. The number of rotatable bonds is 7. The maximum Gasteiger partial charge on any atom is 0.0709 e. The Kier molecular flexibility index (Phi) is 8.24. The Labute approximate surface area is 294 Å². The molecule has 6 aromatic carbocycles. The van der Waals surface area contributed by atoms with E-state index in [1.807, 2.05) is 12.4 Å². The molecule has 0 saturated carbocycles. The number of aromatic nitrogens is 2. The van der Waals surface area contributed by atoms with Gasteiger partial charge in [0.1, 0.15) is 0 Å². The van der Waals surface area contributed by atoms with Gasteiger partial charge in [0.15, 0.2) is 0 Å². The van der Waals surface area contributed by atoms with Crippen molar-refractivity contribution in [2.45, 2.75) is 20.8 Å². The Morgan fingerprint density at radius 1 is 0.400 bits per heavy atom. The quantitative estimate of drug-likeness (QED) is 0.173. The summed E-state index contributed by atoms with van der Waals surface area (Å²) in [5.74, 6) is 0. The molecule has 0 aliphatic heterocycles. The second kappa shape index (κ2) is 13.3. The van der Waals surface area contributed by atoms with Crippen LogP contribution in [0.4, 0.5) is 17.1 Å². The standard InChI is InChI=1S/C47H37N3/c1-32-24-33(2)47(44(25-32)36-16-8-5-9-17-36)50(41-22-12-20-38(26-41)45-28-37-18-10-11-19-40(37)31-49-45)42-23-13-21-39(27-42)46-29-43(34(3)30-48-46)35-14-6-4-7-15-35/h4-31H,1-3H3. The molecule has 0 aliphatic rings. The summed E-state index contributed by atoms with van der Waals surface area (Å²) in [6, 6.07) is 56.1. The Bertz CT molecular complexity index is 2470. The molecule has 0 N–H and O–H groups in total. The first-order chi connectivity index (χ1) is 24.5. The van der Waals surface area contributed by atoms with E-state index < -0.39 is 0 Å². The molecule has 50 heavy (non-hydrogen) atoms. The van der Waals surface area contributed by atoms with E-state index in [-0.39, 0.29) is 0 Å². The van der Waals surface area contributed by atoms with Crippen molar-refractivity contribution in [2.24, 2.45) is 0 Å². The van der Waals surface area contributed by atoms with Crippen LogP contribution in [0.15, 0.2) is 170 Å². The van der Waals surface area contributed by atoms with Crippen LogP contribution in [0.3, 0.4) is 0 Å². The molecule has 0 saturated heterocycles. The summed E-state index contributed by atoms with van der Waals surface area (Å²) < 4.78 is 0. The highest BCUT2D eigenvalue weighted by Gasteiger charge is 2.21. The molecule has 0 unspecified atom stereocenters. The molecular weight excluding hydrogens is 607 g/mol. The van der Waals surface area contributed by atoms with Gasteiger partial charge in [0.25, 0.3) is 0 Å². The van der Waals surface area contributed by atoms with Crippen molar-refractivity contribution in [2.75, 3.05) is 4.90 Å². The van der Waals surface area contributed by atoms with Crippen LogP contribution < -0.4 is 4.90 Å². The Morgan fingerprint density at radius 3 is 1.60 bits per heavy atom. The van der Waals surface area contributed by atoms with Crippen LogP contribution in [0.2, 0.25) is 0 Å². The molecule has 0 radical (unpaired) electrons. The van der Waals surface area contributed by atoms with Crippen LogP contribution in [0.1, 0.15) is 16.7 Å². The largest absolute Gasteiger partial charge is 0.310 e. The van der Waals surface area contributed by atoms with Crippen LogP contribution in [0.25, 0.3) is 55.5 Å². The fraction of sp³-hybridized carbons (Fsp3) is 0.0638. The molecular formula is C47H37N3. The van der Waals surface area contributed by atoms with E-state index in [9.17, 15) is 0 Å². The lowest BCUT2D eigenvalue weighted by atomic mass is 9.95. The van der Waals surface area contributed by atoms with E-state index in [4.69, 9.17) is 9.97 Å². The third-order valence-corrected chi connectivity index (χ3v) is 9.37. The minimum absolute atomic E-state index is 0.939. The van der Waals surface area contributed by atoms with Gasteiger partial charge in [-0.3, -0.25) is 9.97 Å². The van der Waals surface area contributed by atoms with Crippen molar-refractivity contribution >= 4 is 27.8 Å². The van der Waals surface area contributed by atoms with Gasteiger partial charge in [-0.25, -0.2) is 0 Å². The summed E-state index contributed by atoms with van der Waals surface area (Å²) in [5.41, 5.74) is 15.6. The second-order valence-corrected chi connectivity index (χ2v) is 12.9. The first kappa shape index (κ1) is 31.0. The average molecular weight is 644 g/mol. The first-order valence-corrected chi connectivity index (χ1v) is 17.1. The highest BCUT2D eigenvalue weighted by atomic mass is 15.1. The number of nitrogens with zero attached hydrogens (tertiary/aromatic N) is 3. The van der Waals surface area contributed by atoms with Gasteiger partial charge in [0.05, 0.1) is 17.1 Å². The highest BCUT2D eigenvalue weighted by molar-refractivity contribution is 5.92. The molecule has 0 atom stereocenters. The van der Waals surface area contributed by atoms with E-state index in [0.717, 1.165) is 50.5 Å². The zero-order chi connectivity index (χ0) is 34.0. The van der Waals surface area contributed by atoms with E-state index in [1.165, 1.54) is 38.8 Å². The molecule has 3 nitrogen and oxygen atoms in total. The maximum absolute atomic E-state index is 4.93. The number of hydrogen-bond acceptors (Lipinski definition) is 3. The lowest BCUT2D eigenvalue weighted by Crippen LogP contribution is -2.13. The predicted octanol–water partition coefficient (Wildman–Crippen LogP) is 12.7. The number of benzene rings is 6. The number of pyridine rings is 2. The zero-order valence-corrected chi connectivity index (χ0v) is 28.5. The van der Waals surface area contributed by atoms with Gasteiger partial charge in [0, 0.05) is 45.8 Å². The summed E-state index contributed by atoms with van der Waals surface area (Å²) in [7, 11) is 0. The maximum atomic E-state index is 4.93. The SMILES string of the molecule is Cc1cc(C)c(N(c2cccc(-c3cc(-c4ccccc4)c(C)cn3)c2)c2cccc(-c3cc4ccccc4cn3)c2)c(-c2ccccc2)c1. The normalized spacial score (nSPS) is 11.1. The van der Waals surface area contributed by atoms with Crippen molar-refractivity contribution in [3.8, 4) is 44.8 Å². The number of anilines is 3. The van der Waals surface area contributed by atoms with E-state index in [2.05, 4.69) is 183 Å². The van der Waals surface area contributed by atoms with E-state index in [0.29, 0.717) is 0 Å². The van der Waals surface area contributed by atoms with Gasteiger partial charge in [-0.05, 0) is 96.4 Å². The lowest BCUT2D eigenvalue weighted by Gasteiger charge is -2.30. The highest BCUT2D eigenvalue weighted by Crippen LogP contribution is 2.45. The Balaban J connectivity index is 1.32. The fourth-order valence-electron chi connectivity index (χ4n) is 6.96. The van der Waals surface area contributed by atoms with Gasteiger partial charge < -0.3 is 4.90 Å². The zero-order valence-electron chi connectivity index (χ0n) is 28.5. The molecule has 3 heteroatoms. The second-order valence-electron chi connectivity index (χ2n) is 12.9. The smallest absolute Gasteiger partial charge is 0.0709 e. The molecule has 0 fully saturated rings. The van der Waals surface area contributed by atoms with E-state index in [1.54, 1.807) is 0 Å². The number of hydrogen-bond donors (Lipinski definition) is 0. The topological polar surface area (TPSA) is 29.0 Å². The average Bonchev–Trinajstić information content (AvgIpc) is 3.16. The van der Waals surface area contributed by atoms with Gasteiger partial charge in [-0.15, -0.1) is 0 Å². The minimum atomic E-state index is 0.939. The van der Waals surface area contributed by atoms with Crippen LogP contribution in [0, 0.1) is 20.8 Å². The first-order valence-electron chi connectivity index (χ1n) is 17.1. The Morgan fingerprint density at radius 2 is 0.940 bits per heavy atom. The fourth-order valence-corrected chi connectivity index (χ4v) is 6.96. The molecule has 240 valence electrons. The van der Waals surface area contributed by atoms with Gasteiger partial charge >= 0.3 is 0 Å². The Hall–Kier alpha value is -6.32. The van der Waals surface area contributed by atoms with Crippen LogP contribution in [-0.2, 0) is 0 Å². The molecule has 8 rings (SSSR count). The van der Waals surface area contributed by atoms with Crippen LogP contribution >= 0.6 is 0 Å². The minimum Gasteiger partial charge on any atom is -0.310 e. The summed E-state index contributed by atoms with van der Waals surface area (Å²) in [6.45, 7) is 6.52. The molecule has 0 aliphatic carbocycles. The summed E-state index contributed by atoms with van der Waals surface area (Å²) >= 11 is 0. The van der Waals surface area contributed by atoms with E-state index >= 15 is 0 Å². The van der Waals surface area contributed by atoms with Crippen molar-refractivity contribution in [1.82, 2.24) is 9.97 Å². The van der Waals surface area contributed by atoms with Gasteiger partial charge in [-0.1, -0.05) is 121 Å². The van der Waals surface area contributed by atoms with Crippen molar-refractivity contribution in [3.63, 3.8) is 0 Å². The van der Waals surface area contributed by atoms with Crippen LogP contribution in [-0.4, -0.2) is 9.97 Å². The van der Waals surface area contributed by atoms with Gasteiger partial charge in [-0.2, -0.15) is 0 Å². The predicted molar refractivity (Wildman–Crippen MR) is 210 cm³/mol. The summed E-state index contributed by atoms with van der Waals surface area (Å²) in [4.78, 5) is 12.2. The van der Waals surface area contributed by atoms with Crippen molar-refractivity contribution in [1.29, 1.82) is 0 Å². The molecule has 2 aromatic heterocycles. The summed E-state index contributed by atoms with van der Waals surface area (Å²) in [6.07, 6.45) is 3.95. The van der Waals surface area contributed by atoms with Crippen molar-refractivity contribution < 1.29 is 0 Å². The molecule has 2 heterocycles. The number of fused-ring (bicyclic) bond motifs is 1. The van der Waals surface area contributed by atoms with Crippen LogP contribution in [0.5, 0.6) is 0 Å². The van der Waals surface area contributed by atoms with Crippen molar-refractivity contribution in [3.05, 3.63) is 187 Å². The number of aryl methyl sites for hydroxylation is 3. The lowest BCUT2D eigenvalue weighted by molar-refractivity contribution is 1.23. The molecule has 8 aromatic rings. The molecule has 0 spiro atoms. The summed E-state index contributed by atoms with van der Waals surface area (Å²) in [5, 5.41) is 2.31. The van der Waals surface area contributed by atoms with Gasteiger partial charge in [0.2, 0.25) is 0 Å². The third-order valence-electron chi connectivity index (χ3n) is 9.37.